The van der Waals surface area contributed by atoms with Crippen molar-refractivity contribution < 1.29 is 8.95 Å². The van der Waals surface area contributed by atoms with Gasteiger partial charge in [-0.3, -0.25) is 4.21 Å². The molecule has 0 amide bonds. The number of nitrogens with one attached hydrogen (secondary N) is 1. The van der Waals surface area contributed by atoms with E-state index in [2.05, 4.69) is 11.4 Å². The lowest BCUT2D eigenvalue weighted by atomic mass is 10.1. The Labute approximate surface area is 97.6 Å². The second kappa shape index (κ2) is 3.86. The third-order valence-electron chi connectivity index (χ3n) is 3.16. The van der Waals surface area contributed by atoms with Crippen molar-refractivity contribution in [3.8, 4) is 5.75 Å². The number of fused-ring (bicyclic) bond motifs is 1. The lowest BCUT2D eigenvalue weighted by Gasteiger charge is -2.12. The van der Waals surface area contributed by atoms with Gasteiger partial charge in [0.25, 0.3) is 0 Å². The third kappa shape index (κ3) is 1.66. The maximum absolute atomic E-state index is 12.0. The van der Waals surface area contributed by atoms with Gasteiger partial charge >= 0.3 is 0 Å². The van der Waals surface area contributed by atoms with Gasteiger partial charge in [-0.2, -0.15) is 0 Å². The van der Waals surface area contributed by atoms with Crippen molar-refractivity contribution in [3.05, 3.63) is 23.8 Å². The quantitative estimate of drug-likeness (QED) is 0.868. The molecule has 1 aromatic rings. The lowest BCUT2D eigenvalue weighted by Crippen LogP contribution is -2.23. The monoisotopic (exact) mass is 237 g/mol. The van der Waals surface area contributed by atoms with Gasteiger partial charge in [-0.1, -0.05) is 12.1 Å². The van der Waals surface area contributed by atoms with E-state index < -0.39 is 10.8 Å². The standard InChI is InChI=1S/C12H15NO2S/c1-15-11-4-2-3-9-10(13-8-5-6-8)7-16(14)12(9)11/h2-4,8,10,13H,5-7H2,1H3. The summed E-state index contributed by atoms with van der Waals surface area (Å²) < 4.78 is 17.3. The summed E-state index contributed by atoms with van der Waals surface area (Å²) in [6, 6.07) is 6.80. The summed E-state index contributed by atoms with van der Waals surface area (Å²) in [7, 11) is 0.718. The van der Waals surface area contributed by atoms with Crippen molar-refractivity contribution in [1.82, 2.24) is 5.32 Å². The summed E-state index contributed by atoms with van der Waals surface area (Å²) in [5.41, 5.74) is 1.16. The van der Waals surface area contributed by atoms with Crippen LogP contribution in [0.15, 0.2) is 23.1 Å². The first kappa shape index (κ1) is 10.3. The molecule has 1 saturated carbocycles. The number of hydrogen-bond acceptors (Lipinski definition) is 3. The molecule has 0 radical (unpaired) electrons. The Morgan fingerprint density at radius 3 is 2.94 bits per heavy atom. The minimum absolute atomic E-state index is 0.249. The summed E-state index contributed by atoms with van der Waals surface area (Å²) in [5, 5.41) is 3.54. The molecular weight excluding hydrogens is 222 g/mol. The lowest BCUT2D eigenvalue weighted by molar-refractivity contribution is 0.402. The highest BCUT2D eigenvalue weighted by Crippen LogP contribution is 2.38. The third-order valence-corrected chi connectivity index (χ3v) is 4.69. The molecule has 1 aromatic carbocycles. The van der Waals surface area contributed by atoms with Crippen molar-refractivity contribution >= 4 is 10.8 Å². The Hall–Kier alpha value is -0.870. The largest absolute Gasteiger partial charge is 0.495 e. The van der Waals surface area contributed by atoms with Crippen LogP contribution in [0.2, 0.25) is 0 Å². The minimum Gasteiger partial charge on any atom is -0.495 e. The van der Waals surface area contributed by atoms with Crippen molar-refractivity contribution in [2.24, 2.45) is 0 Å². The summed E-state index contributed by atoms with van der Waals surface area (Å²) in [6.45, 7) is 0. The minimum atomic E-state index is -0.915. The Balaban J connectivity index is 1.97. The molecule has 86 valence electrons. The average molecular weight is 237 g/mol. The van der Waals surface area contributed by atoms with Crippen molar-refractivity contribution in [2.75, 3.05) is 12.9 Å². The fourth-order valence-corrected chi connectivity index (χ4v) is 3.80. The Bertz CT molecular complexity index is 443. The Morgan fingerprint density at radius 1 is 1.44 bits per heavy atom. The molecule has 0 saturated heterocycles. The molecule has 4 heteroatoms. The van der Waals surface area contributed by atoms with Crippen LogP contribution in [0.4, 0.5) is 0 Å². The average Bonchev–Trinajstić information content (AvgIpc) is 3.05. The second-order valence-corrected chi connectivity index (χ2v) is 5.82. The summed E-state index contributed by atoms with van der Waals surface area (Å²) in [4.78, 5) is 0.892. The van der Waals surface area contributed by atoms with Gasteiger partial charge in [0.2, 0.25) is 0 Å². The first-order chi connectivity index (χ1) is 7.79. The normalized spacial score (nSPS) is 27.8. The van der Waals surface area contributed by atoms with E-state index in [0.29, 0.717) is 11.8 Å². The fourth-order valence-electron chi connectivity index (χ4n) is 2.21. The van der Waals surface area contributed by atoms with Gasteiger partial charge in [0.15, 0.2) is 0 Å². The molecule has 0 aromatic heterocycles. The zero-order chi connectivity index (χ0) is 11.1. The Kier molecular flexibility index (Phi) is 2.48. The van der Waals surface area contributed by atoms with Crippen molar-refractivity contribution in [1.29, 1.82) is 0 Å². The van der Waals surface area contributed by atoms with Crippen LogP contribution in [0, 0.1) is 0 Å². The molecule has 1 fully saturated rings. The molecule has 2 aliphatic rings. The molecule has 0 bridgehead atoms. The SMILES string of the molecule is COc1cccc2c1S(=O)CC2NC1CC1. The van der Waals surface area contributed by atoms with E-state index in [4.69, 9.17) is 4.74 Å². The number of benzene rings is 1. The fraction of sp³-hybridized carbons (Fsp3) is 0.500. The molecule has 16 heavy (non-hydrogen) atoms. The number of ether oxygens (including phenoxy) is 1. The van der Waals surface area contributed by atoms with Gasteiger partial charge < -0.3 is 10.1 Å². The van der Waals surface area contributed by atoms with E-state index >= 15 is 0 Å². The summed E-state index contributed by atoms with van der Waals surface area (Å²) in [6.07, 6.45) is 2.50. The molecule has 1 aliphatic heterocycles. The van der Waals surface area contributed by atoms with Crippen LogP contribution in [0.25, 0.3) is 0 Å². The maximum atomic E-state index is 12.0. The van der Waals surface area contributed by atoms with Crippen molar-refractivity contribution in [2.45, 2.75) is 29.8 Å². The van der Waals surface area contributed by atoms with Crippen LogP contribution >= 0.6 is 0 Å². The maximum Gasteiger partial charge on any atom is 0.135 e. The van der Waals surface area contributed by atoms with Crippen molar-refractivity contribution in [3.63, 3.8) is 0 Å². The van der Waals surface area contributed by atoms with Crippen LogP contribution in [0.3, 0.4) is 0 Å². The van der Waals surface area contributed by atoms with Crippen LogP contribution < -0.4 is 10.1 Å². The highest BCUT2D eigenvalue weighted by molar-refractivity contribution is 7.85. The molecular formula is C12H15NO2S. The van der Waals surface area contributed by atoms with Gasteiger partial charge in [0.05, 0.1) is 22.8 Å². The summed E-state index contributed by atoms with van der Waals surface area (Å²) in [5.74, 6) is 1.45. The Morgan fingerprint density at radius 2 is 2.25 bits per heavy atom. The zero-order valence-corrected chi connectivity index (χ0v) is 10.0. The van der Waals surface area contributed by atoms with Gasteiger partial charge in [-0.05, 0) is 24.5 Å². The van der Waals surface area contributed by atoms with Crippen LogP contribution in [-0.4, -0.2) is 23.1 Å². The summed E-state index contributed by atoms with van der Waals surface area (Å²) >= 11 is 0. The molecule has 3 rings (SSSR count). The van der Waals surface area contributed by atoms with E-state index in [-0.39, 0.29) is 6.04 Å². The molecule has 1 aliphatic carbocycles. The molecule has 1 N–H and O–H groups in total. The molecule has 2 unspecified atom stereocenters. The smallest absolute Gasteiger partial charge is 0.135 e. The number of rotatable bonds is 3. The first-order valence-corrected chi connectivity index (χ1v) is 6.93. The van der Waals surface area contributed by atoms with Crippen LogP contribution in [0.5, 0.6) is 5.75 Å². The zero-order valence-electron chi connectivity index (χ0n) is 9.23. The van der Waals surface area contributed by atoms with E-state index in [1.165, 1.54) is 12.8 Å². The second-order valence-electron chi connectivity index (χ2n) is 4.38. The predicted molar refractivity (Wildman–Crippen MR) is 63.2 cm³/mol. The van der Waals surface area contributed by atoms with E-state index in [1.807, 2.05) is 12.1 Å². The van der Waals surface area contributed by atoms with Gasteiger partial charge in [-0.25, -0.2) is 0 Å². The topological polar surface area (TPSA) is 38.3 Å². The molecule has 2 atom stereocenters. The van der Waals surface area contributed by atoms with Crippen LogP contribution in [-0.2, 0) is 10.8 Å². The molecule has 3 nitrogen and oxygen atoms in total. The highest BCUT2D eigenvalue weighted by atomic mass is 32.2. The van der Waals surface area contributed by atoms with E-state index in [1.54, 1.807) is 7.11 Å². The number of hydrogen-bond donors (Lipinski definition) is 1. The predicted octanol–water partition coefficient (Wildman–Crippen LogP) is 1.61. The molecule has 0 spiro atoms. The van der Waals surface area contributed by atoms with Gasteiger partial charge in [-0.15, -0.1) is 0 Å². The van der Waals surface area contributed by atoms with E-state index in [9.17, 15) is 4.21 Å². The van der Waals surface area contributed by atoms with Gasteiger partial charge in [0, 0.05) is 17.8 Å². The molecule has 1 heterocycles. The van der Waals surface area contributed by atoms with Gasteiger partial charge in [0.1, 0.15) is 5.75 Å². The first-order valence-electron chi connectivity index (χ1n) is 5.61. The van der Waals surface area contributed by atoms with Crippen LogP contribution in [0.1, 0.15) is 24.4 Å². The number of methoxy groups -OCH3 is 1. The highest BCUT2D eigenvalue weighted by Gasteiger charge is 2.34. The van der Waals surface area contributed by atoms with E-state index in [0.717, 1.165) is 16.2 Å².